The molecular weight excluding hydrogens is 494 g/mol. The van der Waals surface area contributed by atoms with E-state index >= 15 is 0 Å². The average Bonchev–Trinajstić information content (AvgIpc) is 3.15. The van der Waals surface area contributed by atoms with Crippen LogP contribution in [0.3, 0.4) is 0 Å². The summed E-state index contributed by atoms with van der Waals surface area (Å²) in [5, 5.41) is 8.22. The van der Waals surface area contributed by atoms with Crippen molar-refractivity contribution in [3.8, 4) is 5.82 Å². The minimum atomic E-state index is -0.546. The lowest BCUT2D eigenvalue weighted by Gasteiger charge is -2.35. The molecule has 1 aromatic carbocycles. The minimum Gasteiger partial charge on any atom is -0.369 e. The number of aryl methyl sites for hydroxylation is 1. The monoisotopic (exact) mass is 529 g/mol. The van der Waals surface area contributed by atoms with Crippen molar-refractivity contribution < 1.29 is 0 Å². The number of hydrogen-bond acceptors (Lipinski definition) is 8. The molecule has 0 amide bonds. The molecule has 11 nitrogen and oxygen atoms in total. The Labute approximate surface area is 227 Å². The van der Waals surface area contributed by atoms with Crippen molar-refractivity contribution in [1.29, 1.82) is 0 Å². The Balaban J connectivity index is 1.54. The molecule has 0 radical (unpaired) electrons. The van der Waals surface area contributed by atoms with Crippen LogP contribution in [0.15, 0.2) is 58.8 Å². The average molecular weight is 530 g/mol. The number of piperazine rings is 1. The van der Waals surface area contributed by atoms with E-state index in [1.165, 1.54) is 27.3 Å². The molecule has 1 fully saturated rings. The predicted octanol–water partition coefficient (Wildman–Crippen LogP) is 2.88. The summed E-state index contributed by atoms with van der Waals surface area (Å²) in [4.78, 5) is 39.7. The SMILES string of the molecule is C=CCn1c(=O)c2cnc(Nc3ccc(N4CCN(C)CC4)c(C)c3)nc2n1-c1ccc(=O)n(C(C)(C)C)n1. The van der Waals surface area contributed by atoms with E-state index < -0.39 is 5.54 Å². The third-order valence-electron chi connectivity index (χ3n) is 6.91. The fourth-order valence-electron chi connectivity index (χ4n) is 4.87. The van der Waals surface area contributed by atoms with Gasteiger partial charge in [0.25, 0.3) is 11.1 Å². The summed E-state index contributed by atoms with van der Waals surface area (Å²) < 4.78 is 4.52. The van der Waals surface area contributed by atoms with Crippen molar-refractivity contribution in [2.24, 2.45) is 0 Å². The highest BCUT2D eigenvalue weighted by Gasteiger charge is 2.22. The number of likely N-dealkylation sites (N-methyl/N-ethyl adjacent to an activating group) is 1. The Morgan fingerprint density at radius 1 is 1.08 bits per heavy atom. The normalized spacial score (nSPS) is 14.6. The molecule has 1 saturated heterocycles. The first-order valence-electron chi connectivity index (χ1n) is 13.1. The van der Waals surface area contributed by atoms with Gasteiger partial charge in [-0.05, 0) is 64.6 Å². The smallest absolute Gasteiger partial charge is 0.278 e. The molecule has 0 spiro atoms. The molecule has 5 rings (SSSR count). The van der Waals surface area contributed by atoms with E-state index in [4.69, 9.17) is 4.98 Å². The lowest BCUT2D eigenvalue weighted by molar-refractivity contribution is 0.312. The maximum atomic E-state index is 13.3. The van der Waals surface area contributed by atoms with E-state index in [1.54, 1.807) is 16.8 Å². The summed E-state index contributed by atoms with van der Waals surface area (Å²) in [7, 11) is 2.15. The van der Waals surface area contributed by atoms with Crippen LogP contribution < -0.4 is 21.3 Å². The Kier molecular flexibility index (Phi) is 6.85. The number of allylic oxidation sites excluding steroid dienone is 1. The van der Waals surface area contributed by atoms with Gasteiger partial charge in [-0.25, -0.2) is 19.0 Å². The Hall–Kier alpha value is -4.25. The van der Waals surface area contributed by atoms with Crippen LogP contribution in [0.25, 0.3) is 16.9 Å². The van der Waals surface area contributed by atoms with E-state index in [0.29, 0.717) is 22.8 Å². The van der Waals surface area contributed by atoms with E-state index in [0.717, 1.165) is 37.4 Å². The van der Waals surface area contributed by atoms with Crippen molar-refractivity contribution in [3.05, 3.63) is 75.5 Å². The second-order valence-corrected chi connectivity index (χ2v) is 10.9. The van der Waals surface area contributed by atoms with Crippen LogP contribution in [0, 0.1) is 6.92 Å². The Morgan fingerprint density at radius 2 is 1.82 bits per heavy atom. The van der Waals surface area contributed by atoms with Crippen LogP contribution in [-0.2, 0) is 12.1 Å². The maximum Gasteiger partial charge on any atom is 0.278 e. The van der Waals surface area contributed by atoms with E-state index in [-0.39, 0.29) is 17.7 Å². The number of aromatic nitrogens is 6. The molecular formula is C28H35N9O2. The Morgan fingerprint density at radius 3 is 2.49 bits per heavy atom. The second kappa shape index (κ2) is 10.1. The van der Waals surface area contributed by atoms with Gasteiger partial charge in [0.1, 0.15) is 5.39 Å². The van der Waals surface area contributed by atoms with Crippen molar-refractivity contribution in [2.45, 2.75) is 39.8 Å². The van der Waals surface area contributed by atoms with E-state index in [9.17, 15) is 9.59 Å². The van der Waals surface area contributed by atoms with Crippen LogP contribution >= 0.6 is 0 Å². The molecule has 39 heavy (non-hydrogen) atoms. The first-order valence-corrected chi connectivity index (χ1v) is 13.1. The number of nitrogens with one attached hydrogen (secondary N) is 1. The number of benzene rings is 1. The summed E-state index contributed by atoms with van der Waals surface area (Å²) in [6, 6.07) is 9.27. The first-order chi connectivity index (χ1) is 18.6. The molecule has 0 unspecified atom stereocenters. The third-order valence-corrected chi connectivity index (χ3v) is 6.91. The van der Waals surface area contributed by atoms with Crippen molar-refractivity contribution >= 4 is 28.4 Å². The minimum absolute atomic E-state index is 0.229. The lowest BCUT2D eigenvalue weighted by atomic mass is 10.1. The molecule has 204 valence electrons. The Bertz CT molecular complexity index is 1650. The second-order valence-electron chi connectivity index (χ2n) is 10.9. The zero-order chi connectivity index (χ0) is 27.9. The molecule has 0 bridgehead atoms. The van der Waals surface area contributed by atoms with Crippen LogP contribution in [0.4, 0.5) is 17.3 Å². The largest absolute Gasteiger partial charge is 0.369 e. The molecule has 0 saturated carbocycles. The number of hydrogen-bond donors (Lipinski definition) is 1. The van der Waals surface area contributed by atoms with Crippen molar-refractivity contribution in [3.63, 3.8) is 0 Å². The molecule has 3 aromatic heterocycles. The topological polar surface area (TPSA) is 106 Å². The lowest BCUT2D eigenvalue weighted by Crippen LogP contribution is -2.44. The van der Waals surface area contributed by atoms with Gasteiger partial charge in [-0.1, -0.05) is 6.08 Å². The molecule has 4 heterocycles. The molecule has 11 heteroatoms. The summed E-state index contributed by atoms with van der Waals surface area (Å²) in [5.74, 6) is 0.749. The fraction of sp³-hybridized carbons (Fsp3) is 0.393. The highest BCUT2D eigenvalue weighted by atomic mass is 16.1. The van der Waals surface area contributed by atoms with Gasteiger partial charge in [0.15, 0.2) is 11.5 Å². The van der Waals surface area contributed by atoms with Crippen LogP contribution in [0.1, 0.15) is 26.3 Å². The zero-order valence-corrected chi connectivity index (χ0v) is 23.2. The summed E-state index contributed by atoms with van der Waals surface area (Å²) in [6.07, 6.45) is 3.15. The van der Waals surface area contributed by atoms with Gasteiger partial charge in [-0.2, -0.15) is 4.98 Å². The molecule has 1 N–H and O–H groups in total. The number of rotatable bonds is 6. The summed E-state index contributed by atoms with van der Waals surface area (Å²) >= 11 is 0. The predicted molar refractivity (Wildman–Crippen MR) is 155 cm³/mol. The van der Waals surface area contributed by atoms with Gasteiger partial charge >= 0.3 is 0 Å². The zero-order valence-electron chi connectivity index (χ0n) is 23.2. The molecule has 0 atom stereocenters. The molecule has 4 aromatic rings. The fourth-order valence-corrected chi connectivity index (χ4v) is 4.87. The molecule has 0 aliphatic carbocycles. The van der Waals surface area contributed by atoms with Crippen LogP contribution in [0.5, 0.6) is 0 Å². The number of anilines is 3. The van der Waals surface area contributed by atoms with Gasteiger partial charge in [0, 0.05) is 49.8 Å². The van der Waals surface area contributed by atoms with E-state index in [1.807, 2.05) is 26.8 Å². The van der Waals surface area contributed by atoms with Crippen molar-refractivity contribution in [2.75, 3.05) is 43.4 Å². The van der Waals surface area contributed by atoms with Gasteiger partial charge < -0.3 is 15.1 Å². The van der Waals surface area contributed by atoms with Crippen molar-refractivity contribution in [1.82, 2.24) is 34.0 Å². The van der Waals surface area contributed by atoms with E-state index in [2.05, 4.69) is 57.9 Å². The van der Waals surface area contributed by atoms with Crippen LogP contribution in [0.2, 0.25) is 0 Å². The van der Waals surface area contributed by atoms with Gasteiger partial charge in [-0.15, -0.1) is 11.7 Å². The van der Waals surface area contributed by atoms with Gasteiger partial charge in [0.05, 0.1) is 12.1 Å². The maximum absolute atomic E-state index is 13.3. The number of fused-ring (bicyclic) bond motifs is 1. The highest BCUT2D eigenvalue weighted by Crippen LogP contribution is 2.26. The van der Waals surface area contributed by atoms with Gasteiger partial charge in [0.2, 0.25) is 5.95 Å². The standard InChI is InChI=1S/C28H35N9O2/c1-7-12-35-26(39)21-18-29-27(30-20-8-9-22(19(2)17-20)34-15-13-33(6)14-16-34)31-25(21)36(35)23-10-11-24(38)37(32-23)28(3,4)5/h7-11,17-18H,1,12-16H2,2-6H3,(H,29,30,31). The highest BCUT2D eigenvalue weighted by molar-refractivity contribution is 5.77. The van der Waals surface area contributed by atoms with Gasteiger partial charge in [-0.3, -0.25) is 9.59 Å². The third kappa shape index (κ3) is 5.09. The first kappa shape index (κ1) is 26.4. The number of nitrogens with zero attached hydrogens (tertiary/aromatic N) is 8. The summed E-state index contributed by atoms with van der Waals surface area (Å²) in [5.41, 5.74) is 2.58. The molecule has 1 aliphatic rings. The quantitative estimate of drug-likeness (QED) is 0.380. The molecule has 1 aliphatic heterocycles. The van der Waals surface area contributed by atoms with Crippen LogP contribution in [-0.4, -0.2) is 67.2 Å². The summed E-state index contributed by atoms with van der Waals surface area (Å²) in [6.45, 7) is 15.9.